The van der Waals surface area contributed by atoms with Gasteiger partial charge in [0.2, 0.25) is 0 Å². The molecule has 1 spiro atoms. The van der Waals surface area contributed by atoms with Crippen molar-refractivity contribution >= 4 is 28.3 Å². The lowest BCUT2D eigenvalue weighted by Crippen LogP contribution is -2.64. The molecule has 1 saturated heterocycles. The molecular formula is C16H23IN2. The molecule has 1 heterocycles. The Hall–Kier alpha value is -0.290. The van der Waals surface area contributed by atoms with Gasteiger partial charge in [-0.05, 0) is 54.5 Å². The van der Waals surface area contributed by atoms with Gasteiger partial charge in [0.25, 0.3) is 0 Å². The minimum Gasteiger partial charge on any atom is -0.365 e. The van der Waals surface area contributed by atoms with Gasteiger partial charge in [0.05, 0.1) is 5.69 Å². The highest BCUT2D eigenvalue weighted by Crippen LogP contribution is 2.35. The quantitative estimate of drug-likeness (QED) is 0.757. The van der Waals surface area contributed by atoms with E-state index < -0.39 is 0 Å². The molecule has 0 bridgehead atoms. The Labute approximate surface area is 130 Å². The number of halogens is 1. The Morgan fingerprint density at radius 3 is 2.68 bits per heavy atom. The van der Waals surface area contributed by atoms with Gasteiger partial charge in [0.15, 0.2) is 0 Å². The first-order valence-electron chi connectivity index (χ1n) is 7.46. The first kappa shape index (κ1) is 13.7. The van der Waals surface area contributed by atoms with Gasteiger partial charge in [0.1, 0.15) is 0 Å². The molecule has 3 heteroatoms. The Balaban J connectivity index is 1.85. The van der Waals surface area contributed by atoms with Crippen molar-refractivity contribution in [3.8, 4) is 0 Å². The molecule has 0 radical (unpaired) electrons. The maximum atomic E-state index is 3.86. The van der Waals surface area contributed by atoms with Crippen LogP contribution in [0.3, 0.4) is 0 Å². The van der Waals surface area contributed by atoms with Gasteiger partial charge in [-0.3, -0.25) is 0 Å². The van der Waals surface area contributed by atoms with E-state index in [1.165, 1.54) is 47.9 Å². The molecule has 104 valence electrons. The number of rotatable bonds is 1. The summed E-state index contributed by atoms with van der Waals surface area (Å²) in [6.07, 6.45) is 6.89. The van der Waals surface area contributed by atoms with E-state index in [0.717, 1.165) is 6.54 Å². The molecule has 0 amide bonds. The summed E-state index contributed by atoms with van der Waals surface area (Å²) in [7, 11) is 0. The molecule has 19 heavy (non-hydrogen) atoms. The smallest absolute Gasteiger partial charge is 0.0505 e. The predicted octanol–water partition coefficient (Wildman–Crippen LogP) is 3.79. The van der Waals surface area contributed by atoms with Crippen LogP contribution in [0.25, 0.3) is 0 Å². The van der Waals surface area contributed by atoms with Crippen molar-refractivity contribution in [2.45, 2.75) is 50.6 Å². The monoisotopic (exact) mass is 370 g/mol. The highest BCUT2D eigenvalue weighted by molar-refractivity contribution is 14.1. The minimum atomic E-state index is 0.379. The molecule has 2 aliphatic rings. The van der Waals surface area contributed by atoms with Crippen LogP contribution in [-0.2, 0) is 0 Å². The molecule has 3 rings (SSSR count). The van der Waals surface area contributed by atoms with Crippen molar-refractivity contribution in [2.24, 2.45) is 0 Å². The number of nitrogens with one attached hydrogen (secondary N) is 1. The minimum absolute atomic E-state index is 0.379. The molecule has 1 N–H and O–H groups in total. The molecule has 1 aliphatic heterocycles. The third-order valence-corrected chi connectivity index (χ3v) is 5.66. The number of hydrogen-bond donors (Lipinski definition) is 1. The van der Waals surface area contributed by atoms with Gasteiger partial charge < -0.3 is 10.2 Å². The van der Waals surface area contributed by atoms with E-state index in [-0.39, 0.29) is 0 Å². The van der Waals surface area contributed by atoms with E-state index in [4.69, 9.17) is 0 Å². The third-order valence-electron chi connectivity index (χ3n) is 4.75. The third kappa shape index (κ3) is 2.77. The fraction of sp³-hybridized carbons (Fsp3) is 0.625. The summed E-state index contributed by atoms with van der Waals surface area (Å²) in [6.45, 7) is 4.63. The van der Waals surface area contributed by atoms with Gasteiger partial charge >= 0.3 is 0 Å². The normalized spacial score (nSPS) is 26.6. The lowest BCUT2D eigenvalue weighted by molar-refractivity contribution is 0.200. The zero-order valence-electron chi connectivity index (χ0n) is 11.7. The summed E-state index contributed by atoms with van der Waals surface area (Å²) >= 11 is 2.47. The van der Waals surface area contributed by atoms with Crippen molar-refractivity contribution in [1.82, 2.24) is 5.32 Å². The number of piperazine rings is 1. The Morgan fingerprint density at radius 2 is 1.95 bits per heavy atom. The Kier molecular flexibility index (Phi) is 4.03. The number of nitrogens with zero attached hydrogens (tertiary/aromatic N) is 1. The van der Waals surface area contributed by atoms with Crippen LogP contribution in [0.4, 0.5) is 5.69 Å². The molecule has 1 aromatic carbocycles. The summed E-state index contributed by atoms with van der Waals surface area (Å²) in [4.78, 5) is 2.63. The summed E-state index contributed by atoms with van der Waals surface area (Å²) < 4.78 is 1.37. The van der Waals surface area contributed by atoms with Crippen LogP contribution in [0.1, 0.15) is 39.0 Å². The van der Waals surface area contributed by atoms with E-state index in [1.807, 2.05) is 0 Å². The van der Waals surface area contributed by atoms with E-state index in [1.54, 1.807) is 0 Å². The van der Waals surface area contributed by atoms with Crippen LogP contribution in [0.2, 0.25) is 0 Å². The van der Waals surface area contributed by atoms with Crippen molar-refractivity contribution in [3.63, 3.8) is 0 Å². The van der Waals surface area contributed by atoms with E-state index in [0.29, 0.717) is 11.6 Å². The van der Waals surface area contributed by atoms with Gasteiger partial charge in [-0.2, -0.15) is 0 Å². The predicted molar refractivity (Wildman–Crippen MR) is 89.8 cm³/mol. The second kappa shape index (κ2) is 5.60. The Morgan fingerprint density at radius 1 is 1.21 bits per heavy atom. The first-order valence-corrected chi connectivity index (χ1v) is 8.54. The summed E-state index contributed by atoms with van der Waals surface area (Å²) in [5.41, 5.74) is 1.80. The van der Waals surface area contributed by atoms with E-state index >= 15 is 0 Å². The average Bonchev–Trinajstić information content (AvgIpc) is 2.44. The van der Waals surface area contributed by atoms with Crippen LogP contribution in [0.5, 0.6) is 0 Å². The molecule has 0 aromatic heterocycles. The van der Waals surface area contributed by atoms with Crippen molar-refractivity contribution in [2.75, 3.05) is 18.0 Å². The van der Waals surface area contributed by atoms with Crippen LogP contribution < -0.4 is 10.2 Å². The highest BCUT2D eigenvalue weighted by atomic mass is 127. The summed E-state index contributed by atoms with van der Waals surface area (Å²) in [5, 5.41) is 3.86. The second-order valence-corrected chi connectivity index (χ2v) is 7.31. The van der Waals surface area contributed by atoms with Gasteiger partial charge in [-0.1, -0.05) is 31.4 Å². The topological polar surface area (TPSA) is 15.3 Å². The second-order valence-electron chi connectivity index (χ2n) is 6.15. The van der Waals surface area contributed by atoms with Crippen molar-refractivity contribution in [3.05, 3.63) is 27.8 Å². The number of benzene rings is 1. The average molecular weight is 370 g/mol. The molecule has 1 atom stereocenters. The van der Waals surface area contributed by atoms with Crippen LogP contribution >= 0.6 is 22.6 Å². The molecule has 2 fully saturated rings. The molecule has 1 aliphatic carbocycles. The van der Waals surface area contributed by atoms with Crippen LogP contribution in [-0.4, -0.2) is 24.7 Å². The lowest BCUT2D eigenvalue weighted by atomic mass is 9.79. The van der Waals surface area contributed by atoms with Gasteiger partial charge in [-0.15, -0.1) is 0 Å². The summed E-state index contributed by atoms with van der Waals surface area (Å²) in [5.74, 6) is 0. The fourth-order valence-corrected chi connectivity index (χ4v) is 4.28. The van der Waals surface area contributed by atoms with E-state index in [9.17, 15) is 0 Å². The van der Waals surface area contributed by atoms with Gasteiger partial charge in [0, 0.05) is 28.2 Å². The molecule has 1 aromatic rings. The molecule has 1 unspecified atom stereocenters. The van der Waals surface area contributed by atoms with Crippen LogP contribution in [0.15, 0.2) is 24.3 Å². The SMILES string of the molecule is CC1CNC2(CCCCC2)CN1c1ccccc1I. The van der Waals surface area contributed by atoms with Crippen molar-refractivity contribution < 1.29 is 0 Å². The molecule has 2 nitrogen and oxygen atoms in total. The number of hydrogen-bond acceptors (Lipinski definition) is 2. The zero-order valence-corrected chi connectivity index (χ0v) is 13.8. The van der Waals surface area contributed by atoms with Gasteiger partial charge in [-0.25, -0.2) is 0 Å². The molecule has 1 saturated carbocycles. The van der Waals surface area contributed by atoms with Crippen molar-refractivity contribution in [1.29, 1.82) is 0 Å². The van der Waals surface area contributed by atoms with Crippen LogP contribution in [0, 0.1) is 3.57 Å². The Bertz CT molecular complexity index is 440. The fourth-order valence-electron chi connectivity index (χ4n) is 3.58. The maximum absolute atomic E-state index is 3.86. The lowest BCUT2D eigenvalue weighted by Gasteiger charge is -2.50. The largest absolute Gasteiger partial charge is 0.365 e. The molecular weight excluding hydrogens is 347 g/mol. The standard InChI is InChI=1S/C16H23IN2/c1-13-11-18-16(9-5-2-6-10-16)12-19(13)15-8-4-3-7-14(15)17/h3-4,7-8,13,18H,2,5-6,9-12H2,1H3. The number of para-hydroxylation sites is 1. The highest BCUT2D eigenvalue weighted by Gasteiger charge is 2.38. The number of anilines is 1. The first-order chi connectivity index (χ1) is 9.20. The van der Waals surface area contributed by atoms with E-state index in [2.05, 4.69) is 64.0 Å². The summed E-state index contributed by atoms with van der Waals surface area (Å²) in [6, 6.07) is 9.38. The zero-order chi connectivity index (χ0) is 13.3. The maximum Gasteiger partial charge on any atom is 0.0505 e.